The van der Waals surface area contributed by atoms with Crippen molar-refractivity contribution in [1.29, 1.82) is 0 Å². The number of rotatable bonds is 14. The van der Waals surface area contributed by atoms with E-state index in [1.807, 2.05) is 87.4 Å². The molecule has 0 spiro atoms. The van der Waals surface area contributed by atoms with E-state index < -0.39 is 6.09 Å². The Morgan fingerprint density at radius 1 is 0.789 bits per heavy atom. The van der Waals surface area contributed by atoms with Crippen LogP contribution in [-0.4, -0.2) is 102 Å². The maximum atomic E-state index is 15.0. The van der Waals surface area contributed by atoms with Gasteiger partial charge in [0.25, 0.3) is 11.8 Å². The van der Waals surface area contributed by atoms with E-state index >= 15 is 0 Å². The van der Waals surface area contributed by atoms with Crippen LogP contribution in [0.5, 0.6) is 5.75 Å². The molecule has 0 saturated heterocycles. The smallest absolute Gasteiger partial charge is 0.408 e. The van der Waals surface area contributed by atoms with E-state index in [1.165, 1.54) is 5.56 Å². The van der Waals surface area contributed by atoms with Crippen LogP contribution in [0.25, 0.3) is 11.3 Å². The van der Waals surface area contributed by atoms with Crippen molar-refractivity contribution in [1.82, 2.24) is 24.2 Å². The molecule has 10 heteroatoms. The van der Waals surface area contributed by atoms with Gasteiger partial charge in [-0.1, -0.05) is 63.1 Å². The molecule has 3 heterocycles. The second-order valence-electron chi connectivity index (χ2n) is 16.2. The molecule has 3 amide bonds. The number of carbonyl (C=O) groups is 3. The highest BCUT2D eigenvalue weighted by atomic mass is 16.6. The van der Waals surface area contributed by atoms with Gasteiger partial charge in [0, 0.05) is 88.5 Å². The van der Waals surface area contributed by atoms with E-state index in [4.69, 9.17) is 4.74 Å². The molecule has 304 valence electrons. The fourth-order valence-electron chi connectivity index (χ4n) is 8.10. The van der Waals surface area contributed by atoms with Gasteiger partial charge >= 0.3 is 6.09 Å². The monoisotopic (exact) mass is 774 g/mol. The molecule has 1 atom stereocenters. The molecule has 0 N–H and O–H groups in total. The number of carbonyl (C=O) groups excluding carboxylic acids is 3. The van der Waals surface area contributed by atoms with Crippen LogP contribution in [0.1, 0.15) is 95.1 Å². The lowest BCUT2D eigenvalue weighted by molar-refractivity contribution is 0.0658. The summed E-state index contributed by atoms with van der Waals surface area (Å²) in [6.07, 6.45) is 4.93. The lowest BCUT2D eigenvalue weighted by Crippen LogP contribution is -2.43. The SMILES string of the molecule is CCCCN(CCCC)C(=O)c1cc(-c2cc3c(cc2C(=O)N2Cc4ccccc4C[C@H]2C)CN(C(=O)Oc2ccccc2N(C)CCN(C)C)CC3)n(C)c1C. The molecule has 0 saturated carbocycles. The quantitative estimate of drug-likeness (QED) is 0.129. The van der Waals surface area contributed by atoms with E-state index in [0.29, 0.717) is 42.9 Å². The van der Waals surface area contributed by atoms with Gasteiger partial charge in [-0.2, -0.15) is 0 Å². The van der Waals surface area contributed by atoms with Gasteiger partial charge in [0.15, 0.2) is 5.75 Å². The highest BCUT2D eigenvalue weighted by Crippen LogP contribution is 2.36. The van der Waals surface area contributed by atoms with E-state index in [9.17, 15) is 14.4 Å². The Bertz CT molecular complexity index is 2060. The minimum absolute atomic E-state index is 0.00309. The Morgan fingerprint density at radius 2 is 1.47 bits per heavy atom. The summed E-state index contributed by atoms with van der Waals surface area (Å²) in [4.78, 5) is 52.9. The molecule has 0 fully saturated rings. The third kappa shape index (κ3) is 9.22. The van der Waals surface area contributed by atoms with Crippen LogP contribution in [0.15, 0.2) is 66.7 Å². The zero-order chi connectivity index (χ0) is 40.8. The lowest BCUT2D eigenvalue weighted by Gasteiger charge is -2.36. The number of fused-ring (bicyclic) bond motifs is 2. The minimum Gasteiger partial charge on any atom is -0.408 e. The average Bonchev–Trinajstić information content (AvgIpc) is 3.51. The number of aromatic nitrogens is 1. The number of hydrogen-bond donors (Lipinski definition) is 0. The van der Waals surface area contributed by atoms with Gasteiger partial charge in [-0.25, -0.2) is 4.79 Å². The van der Waals surface area contributed by atoms with Crippen molar-refractivity contribution in [3.63, 3.8) is 0 Å². The highest BCUT2D eigenvalue weighted by molar-refractivity contribution is 6.03. The summed E-state index contributed by atoms with van der Waals surface area (Å²) in [5.74, 6) is 0.513. The first kappa shape index (κ1) is 41.5. The summed E-state index contributed by atoms with van der Waals surface area (Å²) in [6, 6.07) is 22.1. The number of unbranched alkanes of at least 4 members (excludes halogenated alkanes) is 2. The van der Waals surface area contributed by atoms with Gasteiger partial charge in [0.05, 0.1) is 11.3 Å². The highest BCUT2D eigenvalue weighted by Gasteiger charge is 2.33. The molecule has 0 bridgehead atoms. The van der Waals surface area contributed by atoms with Crippen molar-refractivity contribution in [2.45, 2.75) is 85.4 Å². The zero-order valence-corrected chi connectivity index (χ0v) is 35.4. The molecule has 6 rings (SSSR count). The molecule has 57 heavy (non-hydrogen) atoms. The van der Waals surface area contributed by atoms with Gasteiger partial charge in [-0.05, 0) is 106 Å². The number of hydrogen-bond acceptors (Lipinski definition) is 6. The molecule has 0 unspecified atom stereocenters. The summed E-state index contributed by atoms with van der Waals surface area (Å²) in [5.41, 5.74) is 9.10. The van der Waals surface area contributed by atoms with E-state index in [2.05, 4.69) is 59.4 Å². The summed E-state index contributed by atoms with van der Waals surface area (Å²) in [5, 5.41) is 0. The Kier molecular flexibility index (Phi) is 13.4. The van der Waals surface area contributed by atoms with Crippen LogP contribution >= 0.6 is 0 Å². The Hall–Kier alpha value is -5.09. The minimum atomic E-state index is -0.413. The zero-order valence-electron chi connectivity index (χ0n) is 35.4. The molecule has 4 aromatic rings. The normalized spacial score (nSPS) is 15.0. The Morgan fingerprint density at radius 3 is 2.18 bits per heavy atom. The van der Waals surface area contributed by atoms with Crippen LogP contribution in [-0.2, 0) is 33.0 Å². The van der Waals surface area contributed by atoms with Gasteiger partial charge in [0.2, 0.25) is 0 Å². The van der Waals surface area contributed by atoms with Gasteiger partial charge in [-0.15, -0.1) is 0 Å². The molecule has 0 radical (unpaired) electrons. The van der Waals surface area contributed by atoms with E-state index in [1.54, 1.807) is 4.90 Å². The average molecular weight is 775 g/mol. The number of likely N-dealkylation sites (N-methyl/N-ethyl adjacent to an activating group) is 2. The van der Waals surface area contributed by atoms with Gasteiger partial charge < -0.3 is 33.8 Å². The van der Waals surface area contributed by atoms with Crippen LogP contribution < -0.4 is 9.64 Å². The summed E-state index contributed by atoms with van der Waals surface area (Å²) in [6.45, 7) is 12.9. The van der Waals surface area contributed by atoms with E-state index in [-0.39, 0.29) is 17.9 Å². The summed E-state index contributed by atoms with van der Waals surface area (Å²) >= 11 is 0. The molecular formula is C47H62N6O4. The molecule has 2 aliphatic heterocycles. The number of benzene rings is 3. The van der Waals surface area contributed by atoms with Crippen molar-refractivity contribution in [2.24, 2.45) is 7.05 Å². The first-order valence-corrected chi connectivity index (χ1v) is 20.8. The maximum absolute atomic E-state index is 15.0. The largest absolute Gasteiger partial charge is 0.415 e. The van der Waals surface area contributed by atoms with Crippen molar-refractivity contribution >= 4 is 23.6 Å². The predicted molar refractivity (Wildman–Crippen MR) is 229 cm³/mol. The topological polar surface area (TPSA) is 81.6 Å². The molecule has 3 aromatic carbocycles. The molecule has 2 aliphatic rings. The van der Waals surface area contributed by atoms with Crippen molar-refractivity contribution in [3.8, 4) is 17.0 Å². The molecule has 0 aliphatic carbocycles. The number of anilines is 1. The lowest BCUT2D eigenvalue weighted by atomic mass is 9.90. The molecule has 1 aromatic heterocycles. The van der Waals surface area contributed by atoms with Gasteiger partial charge in [0.1, 0.15) is 0 Å². The van der Waals surface area contributed by atoms with Crippen LogP contribution in [0.4, 0.5) is 10.5 Å². The fraction of sp³-hybridized carbons (Fsp3) is 0.468. The predicted octanol–water partition coefficient (Wildman–Crippen LogP) is 8.18. The van der Waals surface area contributed by atoms with Crippen LogP contribution in [0, 0.1) is 6.92 Å². The van der Waals surface area contributed by atoms with Crippen molar-refractivity contribution in [3.05, 3.63) is 106 Å². The third-order valence-electron chi connectivity index (χ3n) is 11.9. The Balaban J connectivity index is 1.35. The fourth-order valence-corrected chi connectivity index (χ4v) is 8.10. The summed E-state index contributed by atoms with van der Waals surface area (Å²) in [7, 11) is 8.08. The Labute approximate surface area is 340 Å². The van der Waals surface area contributed by atoms with E-state index in [0.717, 1.165) is 97.6 Å². The maximum Gasteiger partial charge on any atom is 0.415 e. The summed E-state index contributed by atoms with van der Waals surface area (Å²) < 4.78 is 8.15. The second-order valence-corrected chi connectivity index (χ2v) is 16.2. The number of para-hydroxylation sites is 2. The number of nitrogens with zero attached hydrogens (tertiary/aromatic N) is 6. The third-order valence-corrected chi connectivity index (χ3v) is 11.9. The van der Waals surface area contributed by atoms with Crippen molar-refractivity contribution in [2.75, 3.05) is 58.8 Å². The van der Waals surface area contributed by atoms with Crippen molar-refractivity contribution < 1.29 is 19.1 Å². The second kappa shape index (κ2) is 18.4. The van der Waals surface area contributed by atoms with Crippen LogP contribution in [0.3, 0.4) is 0 Å². The standard InChI is InChI=1S/C47H62N6O4/c1-9-11-22-51(23-12-10-2)45(54)39-30-43(50(8)34(39)4)40-28-36-21-24-52(47(56)57-44-20-16-15-19-42(44)49(7)26-25-48(5)6)31-38(36)29-41(40)46(55)53-32-37-18-14-13-17-35(37)27-33(53)3/h13-20,28-30,33H,9-12,21-27,31-32H2,1-8H3/t33-/m1/s1. The number of ether oxygens (including phenoxy) is 1. The molecular weight excluding hydrogens is 713 g/mol. The first-order chi connectivity index (χ1) is 27.4. The first-order valence-electron chi connectivity index (χ1n) is 20.8. The molecule has 10 nitrogen and oxygen atoms in total. The number of amides is 3. The van der Waals surface area contributed by atoms with Crippen LogP contribution in [0.2, 0.25) is 0 Å². The van der Waals surface area contributed by atoms with Gasteiger partial charge in [-0.3, -0.25) is 9.59 Å².